The van der Waals surface area contributed by atoms with Crippen molar-refractivity contribution in [3.05, 3.63) is 0 Å². The van der Waals surface area contributed by atoms with E-state index >= 15 is 0 Å². The topological polar surface area (TPSA) is 66.5 Å². The Hall–Kier alpha value is -0.330. The van der Waals surface area contributed by atoms with Crippen LogP contribution in [-0.2, 0) is 14.6 Å². The Labute approximate surface area is 127 Å². The molecular formula is C13H25ClN2O3S. The van der Waals surface area contributed by atoms with Crippen LogP contribution >= 0.6 is 12.4 Å². The number of amides is 1. The van der Waals surface area contributed by atoms with E-state index in [1.54, 1.807) is 11.9 Å². The molecule has 2 fully saturated rings. The first kappa shape index (κ1) is 17.7. The molecule has 20 heavy (non-hydrogen) atoms. The second-order valence-electron chi connectivity index (χ2n) is 5.86. The van der Waals surface area contributed by atoms with Gasteiger partial charge in [0, 0.05) is 25.2 Å². The smallest absolute Gasteiger partial charge is 0.237 e. The van der Waals surface area contributed by atoms with Gasteiger partial charge in [0.25, 0.3) is 0 Å². The highest BCUT2D eigenvalue weighted by Gasteiger charge is 2.36. The van der Waals surface area contributed by atoms with Crippen LogP contribution in [0.3, 0.4) is 0 Å². The summed E-state index contributed by atoms with van der Waals surface area (Å²) < 4.78 is 23.4. The third-order valence-corrected chi connectivity index (χ3v) is 5.96. The van der Waals surface area contributed by atoms with Gasteiger partial charge < -0.3 is 10.2 Å². The molecule has 2 aliphatic rings. The van der Waals surface area contributed by atoms with Gasteiger partial charge in [-0.2, -0.15) is 0 Å². The zero-order valence-electron chi connectivity index (χ0n) is 12.2. The summed E-state index contributed by atoms with van der Waals surface area (Å²) in [6.45, 7) is 1.82. The van der Waals surface area contributed by atoms with Crippen molar-refractivity contribution >= 4 is 28.2 Å². The number of nitrogens with zero attached hydrogens (tertiary/aromatic N) is 1. The third-order valence-electron chi connectivity index (χ3n) is 4.25. The molecule has 0 aliphatic carbocycles. The van der Waals surface area contributed by atoms with E-state index in [9.17, 15) is 13.2 Å². The van der Waals surface area contributed by atoms with Crippen LogP contribution in [0.5, 0.6) is 0 Å². The molecule has 0 radical (unpaired) electrons. The van der Waals surface area contributed by atoms with Gasteiger partial charge in [-0.05, 0) is 32.1 Å². The summed E-state index contributed by atoms with van der Waals surface area (Å²) in [7, 11) is -1.48. The van der Waals surface area contributed by atoms with Crippen LogP contribution in [0.25, 0.3) is 0 Å². The highest BCUT2D eigenvalue weighted by atomic mass is 35.5. The maximum absolute atomic E-state index is 12.1. The molecule has 5 nitrogen and oxygen atoms in total. The molecule has 118 valence electrons. The lowest BCUT2D eigenvalue weighted by Gasteiger charge is -2.35. The number of rotatable bonds is 5. The van der Waals surface area contributed by atoms with E-state index in [4.69, 9.17) is 0 Å². The summed E-state index contributed by atoms with van der Waals surface area (Å²) in [4.78, 5) is 13.8. The van der Waals surface area contributed by atoms with E-state index in [-0.39, 0.29) is 35.9 Å². The predicted octanol–water partition coefficient (Wildman–Crippen LogP) is 0.974. The Morgan fingerprint density at radius 3 is 2.30 bits per heavy atom. The minimum absolute atomic E-state index is 0. The number of hydrogen-bond donors (Lipinski definition) is 1. The van der Waals surface area contributed by atoms with Crippen LogP contribution < -0.4 is 5.32 Å². The molecule has 2 aliphatic heterocycles. The predicted molar refractivity (Wildman–Crippen MR) is 81.9 cm³/mol. The zero-order chi connectivity index (χ0) is 14.0. The Balaban J connectivity index is 0.00000200. The van der Waals surface area contributed by atoms with Crippen molar-refractivity contribution in [2.45, 2.75) is 57.2 Å². The fourth-order valence-electron chi connectivity index (χ4n) is 3.22. The molecule has 2 unspecified atom stereocenters. The maximum Gasteiger partial charge on any atom is 0.237 e. The van der Waals surface area contributed by atoms with Gasteiger partial charge in [0.1, 0.15) is 5.75 Å². The quantitative estimate of drug-likeness (QED) is 0.818. The van der Waals surface area contributed by atoms with E-state index in [0.717, 1.165) is 12.8 Å². The van der Waals surface area contributed by atoms with Crippen molar-refractivity contribution in [3.8, 4) is 0 Å². The molecule has 1 N–H and O–H groups in total. The zero-order valence-corrected chi connectivity index (χ0v) is 13.8. The first-order valence-corrected chi connectivity index (χ1v) is 8.95. The second kappa shape index (κ2) is 7.09. The molecule has 0 aromatic carbocycles. The molecule has 2 atom stereocenters. The molecule has 2 heterocycles. The number of piperidine rings is 1. The minimum atomic E-state index is -3.23. The van der Waals surface area contributed by atoms with Crippen LogP contribution in [0.4, 0.5) is 0 Å². The summed E-state index contributed by atoms with van der Waals surface area (Å²) in [5.41, 5.74) is 0. The molecule has 2 rings (SSSR count). The number of carbonyl (C=O) groups excluding carboxylic acids is 1. The lowest BCUT2D eigenvalue weighted by Crippen LogP contribution is -2.49. The van der Waals surface area contributed by atoms with Crippen LogP contribution in [0.2, 0.25) is 0 Å². The van der Waals surface area contributed by atoms with E-state index in [0.29, 0.717) is 18.5 Å². The number of halogens is 1. The average Bonchev–Trinajstić information content (AvgIpc) is 2.66. The lowest BCUT2D eigenvalue weighted by atomic mass is 9.98. The van der Waals surface area contributed by atoms with Gasteiger partial charge >= 0.3 is 0 Å². The number of sulfone groups is 1. The number of carbonyl (C=O) groups is 1. The van der Waals surface area contributed by atoms with Gasteiger partial charge in [-0.1, -0.05) is 6.92 Å². The van der Waals surface area contributed by atoms with E-state index in [1.807, 2.05) is 6.92 Å². The number of nitrogens with one attached hydrogen (secondary N) is 1. The summed E-state index contributed by atoms with van der Waals surface area (Å²) in [6, 6.07) is 1.21. The van der Waals surface area contributed by atoms with Crippen LogP contribution in [0.15, 0.2) is 0 Å². The minimum Gasteiger partial charge on any atom is -0.342 e. The molecular weight excluding hydrogens is 300 g/mol. The Morgan fingerprint density at radius 2 is 1.80 bits per heavy atom. The Bertz CT molecular complexity index is 429. The van der Waals surface area contributed by atoms with Crippen LogP contribution in [0, 0.1) is 0 Å². The van der Waals surface area contributed by atoms with Gasteiger partial charge in [0.05, 0.1) is 5.75 Å². The summed E-state index contributed by atoms with van der Waals surface area (Å²) in [5.74, 6) is -0.486. The van der Waals surface area contributed by atoms with E-state index in [1.165, 1.54) is 12.8 Å². The van der Waals surface area contributed by atoms with Crippen molar-refractivity contribution in [1.82, 2.24) is 10.2 Å². The first-order valence-electron chi connectivity index (χ1n) is 7.13. The van der Waals surface area contributed by atoms with Crippen LogP contribution in [-0.4, -0.2) is 55.9 Å². The molecule has 0 aromatic heterocycles. The standard InChI is InChI=1S/C13H24N2O3S.ClH/c1-3-6-19(17,18)9-13(16)15(2)12-7-10-4-5-11(8-12)14-10;/h10-12,14H,3-9H2,1-2H3;1H. The average molecular weight is 325 g/mol. The van der Waals surface area contributed by atoms with Gasteiger partial charge in [0.2, 0.25) is 5.91 Å². The summed E-state index contributed by atoms with van der Waals surface area (Å²) in [5, 5.41) is 3.53. The van der Waals surface area contributed by atoms with Crippen molar-refractivity contribution in [3.63, 3.8) is 0 Å². The first-order chi connectivity index (χ1) is 8.91. The van der Waals surface area contributed by atoms with E-state index in [2.05, 4.69) is 5.32 Å². The molecule has 7 heteroatoms. The molecule has 0 aromatic rings. The molecule has 2 saturated heterocycles. The monoisotopic (exact) mass is 324 g/mol. The normalized spacial score (nSPS) is 28.8. The van der Waals surface area contributed by atoms with Crippen molar-refractivity contribution in [1.29, 1.82) is 0 Å². The van der Waals surface area contributed by atoms with Crippen LogP contribution in [0.1, 0.15) is 39.0 Å². The molecule has 0 spiro atoms. The third kappa shape index (κ3) is 4.33. The summed E-state index contributed by atoms with van der Waals surface area (Å²) >= 11 is 0. The maximum atomic E-state index is 12.1. The highest BCUT2D eigenvalue weighted by Crippen LogP contribution is 2.29. The fraction of sp³-hybridized carbons (Fsp3) is 0.923. The van der Waals surface area contributed by atoms with Crippen molar-refractivity contribution in [2.75, 3.05) is 18.6 Å². The molecule has 1 amide bonds. The second-order valence-corrected chi connectivity index (χ2v) is 8.04. The van der Waals surface area contributed by atoms with E-state index < -0.39 is 9.84 Å². The fourth-order valence-corrected chi connectivity index (χ4v) is 4.57. The highest BCUT2D eigenvalue weighted by molar-refractivity contribution is 7.92. The van der Waals surface area contributed by atoms with Crippen molar-refractivity contribution < 1.29 is 13.2 Å². The Morgan fingerprint density at radius 1 is 1.25 bits per heavy atom. The lowest BCUT2D eigenvalue weighted by molar-refractivity contribution is -0.129. The Kier molecular flexibility index (Phi) is 6.28. The largest absolute Gasteiger partial charge is 0.342 e. The molecule has 2 bridgehead atoms. The number of hydrogen-bond acceptors (Lipinski definition) is 4. The SMILES string of the molecule is CCCS(=O)(=O)CC(=O)N(C)C1CC2CCC(C1)N2.Cl. The number of fused-ring (bicyclic) bond motifs is 2. The van der Waals surface area contributed by atoms with Gasteiger partial charge in [0.15, 0.2) is 9.84 Å². The van der Waals surface area contributed by atoms with Crippen molar-refractivity contribution in [2.24, 2.45) is 0 Å². The van der Waals surface area contributed by atoms with Gasteiger partial charge in [-0.15, -0.1) is 12.4 Å². The van der Waals surface area contributed by atoms with Gasteiger partial charge in [-0.3, -0.25) is 4.79 Å². The molecule has 0 saturated carbocycles. The summed E-state index contributed by atoms with van der Waals surface area (Å²) in [6.07, 6.45) is 4.82. The van der Waals surface area contributed by atoms with Gasteiger partial charge in [-0.25, -0.2) is 8.42 Å².